The molecule has 0 radical (unpaired) electrons. The van der Waals surface area contributed by atoms with Gasteiger partial charge in [-0.2, -0.15) is 0 Å². The summed E-state index contributed by atoms with van der Waals surface area (Å²) in [4.78, 5) is 11.9. The number of morpholine rings is 1. The zero-order valence-electron chi connectivity index (χ0n) is 15.5. The lowest BCUT2D eigenvalue weighted by Crippen LogP contribution is -2.59. The predicted molar refractivity (Wildman–Crippen MR) is 110 cm³/mol. The summed E-state index contributed by atoms with van der Waals surface area (Å²) < 4.78 is 7.47. The fourth-order valence-corrected chi connectivity index (χ4v) is 4.15. The highest BCUT2D eigenvalue weighted by Gasteiger charge is 2.44. The van der Waals surface area contributed by atoms with Gasteiger partial charge >= 0.3 is 0 Å². The molecule has 2 N–H and O–H groups in total. The Morgan fingerprint density at radius 3 is 2.59 bits per heavy atom. The van der Waals surface area contributed by atoms with E-state index in [0.717, 1.165) is 21.9 Å². The van der Waals surface area contributed by atoms with Crippen molar-refractivity contribution in [3.05, 3.63) is 70.2 Å². The van der Waals surface area contributed by atoms with E-state index in [9.17, 15) is 9.90 Å². The average molecular weight is 432 g/mol. The number of ether oxygens (including phenoxy) is 1. The monoisotopic (exact) mass is 431 g/mol. The number of halogens is 1. The first-order valence-electron chi connectivity index (χ1n) is 9.38. The molecule has 3 rings (SSSR count). The van der Waals surface area contributed by atoms with Crippen LogP contribution in [0.3, 0.4) is 0 Å². The molecule has 0 aromatic heterocycles. The molecule has 0 saturated carbocycles. The van der Waals surface area contributed by atoms with E-state index >= 15 is 0 Å². The molecule has 4 atom stereocenters. The van der Waals surface area contributed by atoms with Crippen molar-refractivity contribution in [2.45, 2.75) is 43.4 Å². The number of rotatable bonds is 7. The molecule has 3 unspecified atom stereocenters. The summed E-state index contributed by atoms with van der Waals surface area (Å²) in [5.74, 6) is 0.125. The Morgan fingerprint density at radius 1 is 1.26 bits per heavy atom. The van der Waals surface area contributed by atoms with Gasteiger partial charge < -0.3 is 20.0 Å². The molecule has 2 aromatic carbocycles. The Hall–Kier alpha value is -1.53. The summed E-state index contributed by atoms with van der Waals surface area (Å²) in [6, 6.07) is 18.1. The fraction of sp³-hybridized carbons (Fsp3) is 0.409. The number of carbonyl (C=O) groups is 1. The van der Waals surface area contributed by atoms with E-state index in [-0.39, 0.29) is 18.6 Å². The Bertz CT molecular complexity index is 737. The lowest BCUT2D eigenvalue weighted by molar-refractivity contribution is -0.159. The van der Waals surface area contributed by atoms with Crippen molar-refractivity contribution in [1.82, 2.24) is 5.32 Å². The van der Waals surface area contributed by atoms with E-state index in [0.29, 0.717) is 19.4 Å². The highest BCUT2D eigenvalue weighted by atomic mass is 79.9. The fourth-order valence-electron chi connectivity index (χ4n) is 3.89. The maximum Gasteiger partial charge on any atom is 0.150 e. The zero-order valence-corrected chi connectivity index (χ0v) is 17.1. The van der Waals surface area contributed by atoms with E-state index in [4.69, 9.17) is 4.74 Å². The van der Waals surface area contributed by atoms with Crippen LogP contribution in [0, 0.1) is 0 Å². The maximum absolute atomic E-state index is 11.9. The van der Waals surface area contributed by atoms with Gasteiger partial charge in [0.05, 0.1) is 0 Å². The minimum atomic E-state index is -0.606. The smallest absolute Gasteiger partial charge is 0.150 e. The van der Waals surface area contributed by atoms with E-state index in [2.05, 4.69) is 40.3 Å². The highest BCUT2D eigenvalue weighted by molar-refractivity contribution is 9.10. The summed E-state index contributed by atoms with van der Waals surface area (Å²) in [7, 11) is 0. The van der Waals surface area contributed by atoms with Crippen LogP contribution >= 0.6 is 15.9 Å². The lowest BCUT2D eigenvalue weighted by Gasteiger charge is -2.46. The van der Waals surface area contributed by atoms with Crippen LogP contribution in [-0.4, -0.2) is 36.7 Å². The molecular weight excluding hydrogens is 406 g/mol. The summed E-state index contributed by atoms with van der Waals surface area (Å²) in [6.07, 6.45) is 1.62. The topological polar surface area (TPSA) is 58.6 Å². The van der Waals surface area contributed by atoms with Crippen molar-refractivity contribution in [3.63, 3.8) is 0 Å². The third-order valence-corrected chi connectivity index (χ3v) is 5.97. The molecule has 0 amide bonds. The molecule has 0 aliphatic carbocycles. The molecule has 4 nitrogen and oxygen atoms in total. The first-order chi connectivity index (χ1) is 13.1. The minimum absolute atomic E-state index is 0.0996. The molecule has 5 heteroatoms. The van der Waals surface area contributed by atoms with Gasteiger partial charge in [-0.1, -0.05) is 65.3 Å². The van der Waals surface area contributed by atoms with Crippen molar-refractivity contribution in [3.8, 4) is 0 Å². The zero-order chi connectivity index (χ0) is 19.3. The molecule has 1 heterocycles. The quantitative estimate of drug-likeness (QED) is 0.654. The number of hydrogen-bond acceptors (Lipinski definition) is 4. The predicted octanol–water partition coefficient (Wildman–Crippen LogP) is 3.78. The first kappa shape index (κ1) is 20.2. The largest absolute Gasteiger partial charge is 0.396 e. The van der Waals surface area contributed by atoms with Crippen LogP contribution in [-0.2, 0) is 15.1 Å². The number of carbonyl (C=O) groups excluding carboxylic acids is 1. The number of hydrogen-bond donors (Lipinski definition) is 2. The van der Waals surface area contributed by atoms with Gasteiger partial charge in [0.1, 0.15) is 18.0 Å². The normalized spacial score (nSPS) is 26.5. The van der Waals surface area contributed by atoms with E-state index in [1.54, 1.807) is 0 Å². The highest BCUT2D eigenvalue weighted by Crippen LogP contribution is 2.37. The molecule has 1 saturated heterocycles. The van der Waals surface area contributed by atoms with Crippen LogP contribution in [0.25, 0.3) is 0 Å². The minimum Gasteiger partial charge on any atom is -0.396 e. The van der Waals surface area contributed by atoms with Gasteiger partial charge in [0, 0.05) is 23.7 Å². The van der Waals surface area contributed by atoms with Crippen LogP contribution in [0.1, 0.15) is 36.8 Å². The summed E-state index contributed by atoms with van der Waals surface area (Å²) in [6.45, 7) is 2.82. The van der Waals surface area contributed by atoms with Crippen molar-refractivity contribution < 1.29 is 14.6 Å². The summed E-state index contributed by atoms with van der Waals surface area (Å²) in [5, 5.41) is 12.9. The van der Waals surface area contributed by atoms with Gasteiger partial charge in [0.2, 0.25) is 0 Å². The molecule has 1 aliphatic heterocycles. The number of nitrogens with one attached hydrogen (secondary N) is 1. The van der Waals surface area contributed by atoms with Gasteiger partial charge in [0.25, 0.3) is 0 Å². The van der Waals surface area contributed by atoms with Crippen LogP contribution in [0.15, 0.2) is 59.1 Å². The molecule has 2 aromatic rings. The van der Waals surface area contributed by atoms with E-state index < -0.39 is 11.7 Å². The van der Waals surface area contributed by atoms with Gasteiger partial charge in [-0.15, -0.1) is 0 Å². The molecule has 0 bridgehead atoms. The average Bonchev–Trinajstić information content (AvgIpc) is 2.72. The first-order valence-corrected chi connectivity index (χ1v) is 10.2. The second kappa shape index (κ2) is 9.11. The Labute approximate surface area is 169 Å². The molecule has 144 valence electrons. The van der Waals surface area contributed by atoms with Crippen molar-refractivity contribution >= 4 is 22.2 Å². The second-order valence-electron chi connectivity index (χ2n) is 7.15. The van der Waals surface area contributed by atoms with Crippen LogP contribution < -0.4 is 5.32 Å². The number of aliphatic hydroxyl groups is 1. The number of aliphatic hydroxyl groups excluding tert-OH is 1. The van der Waals surface area contributed by atoms with Gasteiger partial charge in [-0.05, 0) is 42.0 Å². The SMILES string of the molecule is C[C@@H](c1ccc(Br)cc1)C1NCC(CCCO)(c2ccccc2)OC1C=O. The molecule has 1 aliphatic rings. The molecule has 1 fully saturated rings. The third kappa shape index (κ3) is 4.49. The van der Waals surface area contributed by atoms with Crippen LogP contribution in [0.2, 0.25) is 0 Å². The third-order valence-electron chi connectivity index (χ3n) is 5.45. The Balaban J connectivity index is 1.85. The van der Waals surface area contributed by atoms with Gasteiger partial charge in [0.15, 0.2) is 0 Å². The number of aldehydes is 1. The lowest BCUT2D eigenvalue weighted by atomic mass is 9.83. The summed E-state index contributed by atoms with van der Waals surface area (Å²) >= 11 is 3.46. The van der Waals surface area contributed by atoms with Gasteiger partial charge in [-0.3, -0.25) is 0 Å². The Morgan fingerprint density at radius 2 is 1.96 bits per heavy atom. The van der Waals surface area contributed by atoms with E-state index in [1.807, 2.05) is 42.5 Å². The van der Waals surface area contributed by atoms with Crippen molar-refractivity contribution in [2.24, 2.45) is 0 Å². The standard InChI is InChI=1S/C22H26BrNO3/c1-16(17-8-10-19(23)11-9-17)21-20(14-26)27-22(15-24-21,12-5-13-25)18-6-3-2-4-7-18/h2-4,6-11,14,16,20-21,24-25H,5,12-13,15H2,1H3/t16-,20?,21?,22?/m0/s1. The van der Waals surface area contributed by atoms with Gasteiger partial charge in [-0.25, -0.2) is 0 Å². The maximum atomic E-state index is 11.9. The van der Waals surface area contributed by atoms with Crippen LogP contribution in [0.5, 0.6) is 0 Å². The molecule has 0 spiro atoms. The van der Waals surface area contributed by atoms with Crippen LogP contribution in [0.4, 0.5) is 0 Å². The van der Waals surface area contributed by atoms with E-state index in [1.165, 1.54) is 0 Å². The summed E-state index contributed by atoms with van der Waals surface area (Å²) in [5.41, 5.74) is 1.59. The van der Waals surface area contributed by atoms with Crippen molar-refractivity contribution in [1.29, 1.82) is 0 Å². The molecular formula is C22H26BrNO3. The Kier molecular flexibility index (Phi) is 6.82. The number of benzene rings is 2. The van der Waals surface area contributed by atoms with Crippen molar-refractivity contribution in [2.75, 3.05) is 13.2 Å². The molecule has 27 heavy (non-hydrogen) atoms. The second-order valence-corrected chi connectivity index (χ2v) is 8.07.